The van der Waals surface area contributed by atoms with Crippen molar-refractivity contribution in [3.8, 4) is 5.75 Å². The standard InChI is InChI=1S/C20H23N3O3S/c1-5-16(14-6-8-15(26-4)9-7-14)22-17(24)10-23-11-21-19-18(20(23)25)12(2)13(3)27-19/h6-9,11,16H,5,10H2,1-4H3,(H,22,24). The van der Waals surface area contributed by atoms with Gasteiger partial charge >= 0.3 is 0 Å². The van der Waals surface area contributed by atoms with Crippen molar-refractivity contribution in [2.45, 2.75) is 39.8 Å². The van der Waals surface area contributed by atoms with Crippen LogP contribution in [0.25, 0.3) is 10.2 Å². The lowest BCUT2D eigenvalue weighted by Gasteiger charge is -2.18. The van der Waals surface area contributed by atoms with E-state index in [4.69, 9.17) is 4.74 Å². The number of nitrogens with zero attached hydrogens (tertiary/aromatic N) is 2. The molecule has 0 saturated carbocycles. The molecule has 27 heavy (non-hydrogen) atoms. The number of carbonyl (C=O) groups excluding carboxylic acids is 1. The second-order valence-corrected chi connectivity index (χ2v) is 7.65. The summed E-state index contributed by atoms with van der Waals surface area (Å²) in [4.78, 5) is 31.4. The predicted octanol–water partition coefficient (Wildman–Crippen LogP) is 3.35. The minimum atomic E-state index is -0.217. The molecule has 0 saturated heterocycles. The Morgan fingerprint density at radius 3 is 2.63 bits per heavy atom. The number of thiophene rings is 1. The number of ether oxygens (including phenoxy) is 1. The molecule has 0 radical (unpaired) electrons. The van der Waals surface area contributed by atoms with Crippen LogP contribution < -0.4 is 15.6 Å². The van der Waals surface area contributed by atoms with E-state index in [1.165, 1.54) is 22.2 Å². The quantitative estimate of drug-likeness (QED) is 0.706. The van der Waals surface area contributed by atoms with Crippen molar-refractivity contribution >= 4 is 27.5 Å². The van der Waals surface area contributed by atoms with Gasteiger partial charge in [-0.15, -0.1) is 11.3 Å². The Morgan fingerprint density at radius 1 is 1.30 bits per heavy atom. The van der Waals surface area contributed by atoms with E-state index in [0.29, 0.717) is 5.39 Å². The molecule has 7 heteroatoms. The fraction of sp³-hybridized carbons (Fsp3) is 0.350. The van der Waals surface area contributed by atoms with Gasteiger partial charge in [-0.1, -0.05) is 19.1 Å². The average Bonchev–Trinajstić information content (AvgIpc) is 2.97. The number of aromatic nitrogens is 2. The molecule has 0 aliphatic carbocycles. The van der Waals surface area contributed by atoms with Crippen molar-refractivity contribution < 1.29 is 9.53 Å². The summed E-state index contributed by atoms with van der Waals surface area (Å²) < 4.78 is 6.54. The Morgan fingerprint density at radius 2 is 2.00 bits per heavy atom. The van der Waals surface area contributed by atoms with Gasteiger partial charge in [-0.25, -0.2) is 4.98 Å². The molecule has 1 aromatic carbocycles. The molecule has 0 aliphatic rings. The maximum atomic E-state index is 12.7. The fourth-order valence-electron chi connectivity index (χ4n) is 3.03. The van der Waals surface area contributed by atoms with E-state index in [1.807, 2.05) is 45.0 Å². The van der Waals surface area contributed by atoms with Gasteiger partial charge in [0.25, 0.3) is 5.56 Å². The minimum Gasteiger partial charge on any atom is -0.497 e. The Bertz CT molecular complexity index is 1020. The van der Waals surface area contributed by atoms with E-state index in [9.17, 15) is 9.59 Å². The molecule has 2 heterocycles. The van der Waals surface area contributed by atoms with Gasteiger partial charge in [0.2, 0.25) is 5.91 Å². The molecule has 2 aromatic heterocycles. The summed E-state index contributed by atoms with van der Waals surface area (Å²) in [6.07, 6.45) is 2.20. The number of rotatable bonds is 6. The highest BCUT2D eigenvalue weighted by molar-refractivity contribution is 7.18. The molecule has 3 aromatic rings. The smallest absolute Gasteiger partial charge is 0.262 e. The van der Waals surface area contributed by atoms with Gasteiger partial charge in [0, 0.05) is 4.88 Å². The molecule has 3 rings (SSSR count). The van der Waals surface area contributed by atoms with Crippen LogP contribution in [0.15, 0.2) is 35.4 Å². The first-order valence-electron chi connectivity index (χ1n) is 8.83. The zero-order valence-electron chi connectivity index (χ0n) is 15.9. The van der Waals surface area contributed by atoms with Crippen molar-refractivity contribution in [1.82, 2.24) is 14.9 Å². The largest absolute Gasteiger partial charge is 0.497 e. The van der Waals surface area contributed by atoms with Gasteiger partial charge in [0.15, 0.2) is 0 Å². The van der Waals surface area contributed by atoms with Gasteiger partial charge in [-0.2, -0.15) is 0 Å². The third kappa shape index (κ3) is 3.88. The molecule has 0 bridgehead atoms. The monoisotopic (exact) mass is 385 g/mol. The van der Waals surface area contributed by atoms with E-state index in [0.717, 1.165) is 33.0 Å². The maximum Gasteiger partial charge on any atom is 0.262 e. The lowest BCUT2D eigenvalue weighted by atomic mass is 10.0. The highest BCUT2D eigenvalue weighted by Crippen LogP contribution is 2.25. The van der Waals surface area contributed by atoms with Gasteiger partial charge in [0.1, 0.15) is 17.1 Å². The van der Waals surface area contributed by atoms with Crippen LogP contribution in [0.5, 0.6) is 5.75 Å². The first kappa shape index (κ1) is 19.1. The second-order valence-electron chi connectivity index (χ2n) is 6.44. The van der Waals surface area contributed by atoms with Crippen molar-refractivity contribution in [2.24, 2.45) is 0 Å². The lowest BCUT2D eigenvalue weighted by molar-refractivity contribution is -0.122. The van der Waals surface area contributed by atoms with E-state index in [1.54, 1.807) is 7.11 Å². The number of aryl methyl sites for hydroxylation is 2. The Labute approximate surface area is 161 Å². The molecular weight excluding hydrogens is 362 g/mol. The van der Waals surface area contributed by atoms with Gasteiger partial charge in [-0.3, -0.25) is 14.2 Å². The third-order valence-electron chi connectivity index (χ3n) is 4.73. The Balaban J connectivity index is 1.78. The Hall–Kier alpha value is -2.67. The molecule has 6 nitrogen and oxygen atoms in total. The average molecular weight is 385 g/mol. The van der Waals surface area contributed by atoms with Crippen LogP contribution in [-0.2, 0) is 11.3 Å². The predicted molar refractivity (Wildman–Crippen MR) is 108 cm³/mol. The SMILES string of the molecule is CCC(NC(=O)Cn1cnc2sc(C)c(C)c2c1=O)c1ccc(OC)cc1. The summed E-state index contributed by atoms with van der Waals surface area (Å²) in [6.45, 7) is 5.84. The number of fused-ring (bicyclic) bond motifs is 1. The Kier molecular flexibility index (Phi) is 5.60. The fourth-order valence-corrected chi connectivity index (χ4v) is 4.02. The summed E-state index contributed by atoms with van der Waals surface area (Å²) in [7, 11) is 1.62. The van der Waals surface area contributed by atoms with Gasteiger partial charge in [-0.05, 0) is 43.5 Å². The third-order valence-corrected chi connectivity index (χ3v) is 5.85. The number of hydrogen-bond donors (Lipinski definition) is 1. The minimum absolute atomic E-state index is 0.0528. The molecule has 1 atom stereocenters. The number of nitrogens with one attached hydrogen (secondary N) is 1. The first-order valence-corrected chi connectivity index (χ1v) is 9.64. The van der Waals surface area contributed by atoms with Crippen molar-refractivity contribution in [3.05, 3.63) is 57.0 Å². The first-order chi connectivity index (χ1) is 12.9. The van der Waals surface area contributed by atoms with Gasteiger partial charge in [0.05, 0.1) is 24.9 Å². The lowest BCUT2D eigenvalue weighted by Crippen LogP contribution is -2.34. The number of benzene rings is 1. The van der Waals surface area contributed by atoms with Crippen LogP contribution in [0.3, 0.4) is 0 Å². The molecule has 0 fully saturated rings. The van der Waals surface area contributed by atoms with Crippen LogP contribution in [0.4, 0.5) is 0 Å². The van der Waals surface area contributed by atoms with E-state index < -0.39 is 0 Å². The summed E-state index contributed by atoms with van der Waals surface area (Å²) >= 11 is 1.50. The van der Waals surface area contributed by atoms with Crippen LogP contribution in [0.2, 0.25) is 0 Å². The highest BCUT2D eigenvalue weighted by atomic mass is 32.1. The normalized spacial score (nSPS) is 12.1. The van der Waals surface area contributed by atoms with Crippen molar-refractivity contribution in [3.63, 3.8) is 0 Å². The van der Waals surface area contributed by atoms with Crippen molar-refractivity contribution in [1.29, 1.82) is 0 Å². The van der Waals surface area contributed by atoms with E-state index in [2.05, 4.69) is 10.3 Å². The summed E-state index contributed by atoms with van der Waals surface area (Å²) in [5, 5.41) is 3.61. The molecule has 1 N–H and O–H groups in total. The highest BCUT2D eigenvalue weighted by Gasteiger charge is 2.16. The van der Waals surface area contributed by atoms with Crippen molar-refractivity contribution in [2.75, 3.05) is 7.11 Å². The number of hydrogen-bond acceptors (Lipinski definition) is 5. The summed E-state index contributed by atoms with van der Waals surface area (Å²) in [5.74, 6) is 0.554. The molecule has 1 amide bonds. The number of carbonyl (C=O) groups is 1. The van der Waals surface area contributed by atoms with E-state index >= 15 is 0 Å². The summed E-state index contributed by atoms with van der Waals surface area (Å²) in [5.41, 5.74) is 1.76. The number of methoxy groups -OCH3 is 1. The molecule has 0 aliphatic heterocycles. The zero-order chi connectivity index (χ0) is 19.6. The van der Waals surface area contributed by atoms with E-state index in [-0.39, 0.29) is 24.1 Å². The topological polar surface area (TPSA) is 73.2 Å². The van der Waals surface area contributed by atoms with Gasteiger partial charge < -0.3 is 10.1 Å². The van der Waals surface area contributed by atoms with Crippen LogP contribution in [0, 0.1) is 13.8 Å². The second kappa shape index (κ2) is 7.92. The van der Waals surface area contributed by atoms with Crippen LogP contribution in [0.1, 0.15) is 35.4 Å². The molecule has 142 valence electrons. The molecular formula is C20H23N3O3S. The van der Waals surface area contributed by atoms with Crippen LogP contribution >= 0.6 is 11.3 Å². The molecule has 1 unspecified atom stereocenters. The van der Waals surface area contributed by atoms with Crippen LogP contribution in [-0.4, -0.2) is 22.6 Å². The maximum absolute atomic E-state index is 12.7. The molecule has 0 spiro atoms. The number of amides is 1. The zero-order valence-corrected chi connectivity index (χ0v) is 16.7. The summed E-state index contributed by atoms with van der Waals surface area (Å²) in [6, 6.07) is 7.48.